The molecule has 0 bridgehead atoms. The number of amides is 1. The highest BCUT2D eigenvalue weighted by atomic mass is 16.5. The lowest BCUT2D eigenvalue weighted by molar-refractivity contribution is -0.135. The van der Waals surface area contributed by atoms with Gasteiger partial charge >= 0.3 is 0 Å². The van der Waals surface area contributed by atoms with Gasteiger partial charge in [0.25, 0.3) is 0 Å². The lowest BCUT2D eigenvalue weighted by Gasteiger charge is -2.34. The van der Waals surface area contributed by atoms with Crippen molar-refractivity contribution in [3.05, 3.63) is 47.5 Å². The maximum absolute atomic E-state index is 13.3. The van der Waals surface area contributed by atoms with Crippen LogP contribution in [0.3, 0.4) is 0 Å². The van der Waals surface area contributed by atoms with Crippen molar-refractivity contribution in [3.8, 4) is 5.75 Å². The number of benzene rings is 1. The molecule has 0 spiro atoms. The zero-order valence-corrected chi connectivity index (χ0v) is 18.0. The average molecular weight is 396 g/mol. The van der Waals surface area contributed by atoms with E-state index in [1.807, 2.05) is 18.3 Å². The van der Waals surface area contributed by atoms with E-state index < -0.39 is 0 Å². The summed E-state index contributed by atoms with van der Waals surface area (Å²) in [5.41, 5.74) is 2.11. The van der Waals surface area contributed by atoms with Crippen LogP contribution >= 0.6 is 0 Å². The second-order valence-corrected chi connectivity index (χ2v) is 8.72. The van der Waals surface area contributed by atoms with Gasteiger partial charge in [-0.2, -0.15) is 0 Å². The number of carbonyl (C=O) groups is 1. The smallest absolute Gasteiger partial charge is 0.233 e. The van der Waals surface area contributed by atoms with Crippen LogP contribution in [0.1, 0.15) is 56.1 Å². The number of methoxy groups -OCH3 is 1. The quantitative estimate of drug-likeness (QED) is 0.708. The van der Waals surface area contributed by atoms with Crippen LogP contribution in [-0.2, 0) is 23.2 Å². The molecule has 1 saturated heterocycles. The van der Waals surface area contributed by atoms with E-state index in [1.165, 1.54) is 11.5 Å². The highest BCUT2D eigenvalue weighted by Gasteiger charge is 2.53. The van der Waals surface area contributed by atoms with E-state index in [0.717, 1.165) is 69.5 Å². The zero-order chi connectivity index (χ0) is 20.4. The normalized spacial score (nSPS) is 18.7. The van der Waals surface area contributed by atoms with E-state index in [1.54, 1.807) is 7.11 Å². The molecule has 1 saturated carbocycles. The number of imidazole rings is 1. The van der Waals surface area contributed by atoms with Crippen LogP contribution in [0.25, 0.3) is 0 Å². The van der Waals surface area contributed by atoms with Crippen molar-refractivity contribution < 1.29 is 9.53 Å². The Morgan fingerprint density at radius 2 is 1.90 bits per heavy atom. The van der Waals surface area contributed by atoms with Gasteiger partial charge < -0.3 is 14.2 Å². The Balaban J connectivity index is 1.36. The summed E-state index contributed by atoms with van der Waals surface area (Å²) >= 11 is 0. The van der Waals surface area contributed by atoms with E-state index >= 15 is 0 Å². The summed E-state index contributed by atoms with van der Waals surface area (Å²) in [6.45, 7) is 7.14. The van der Waals surface area contributed by atoms with Gasteiger partial charge in [0, 0.05) is 37.9 Å². The summed E-state index contributed by atoms with van der Waals surface area (Å²) in [6.07, 6.45) is 8.22. The van der Waals surface area contributed by atoms with E-state index in [0.29, 0.717) is 11.8 Å². The molecule has 4 rings (SSSR count). The van der Waals surface area contributed by atoms with Crippen LogP contribution < -0.4 is 4.74 Å². The van der Waals surface area contributed by atoms with Crippen molar-refractivity contribution in [2.24, 2.45) is 5.92 Å². The Morgan fingerprint density at radius 1 is 1.21 bits per heavy atom. The van der Waals surface area contributed by atoms with Crippen molar-refractivity contribution in [2.75, 3.05) is 20.2 Å². The maximum atomic E-state index is 13.3. The van der Waals surface area contributed by atoms with Crippen LogP contribution in [0.4, 0.5) is 0 Å². The van der Waals surface area contributed by atoms with Gasteiger partial charge in [-0.25, -0.2) is 4.98 Å². The van der Waals surface area contributed by atoms with Crippen molar-refractivity contribution in [1.29, 1.82) is 0 Å². The van der Waals surface area contributed by atoms with E-state index in [2.05, 4.69) is 40.4 Å². The number of hydrogen-bond donors (Lipinski definition) is 0. The number of rotatable bonds is 7. The summed E-state index contributed by atoms with van der Waals surface area (Å²) in [6, 6.07) is 8.06. The molecular formula is C24H33N3O2. The van der Waals surface area contributed by atoms with Gasteiger partial charge in [0.15, 0.2) is 0 Å². The number of hydrogen-bond acceptors (Lipinski definition) is 3. The fraction of sp³-hybridized carbons (Fsp3) is 0.583. The SMILES string of the molecule is CCCn1c(C)cnc1CC1CCN(C(=O)C2(c3ccc(OC)cc3)CC2)CC1. The summed E-state index contributed by atoms with van der Waals surface area (Å²) in [7, 11) is 1.67. The Kier molecular flexibility index (Phi) is 5.66. The number of ether oxygens (including phenoxy) is 1. The number of piperidine rings is 1. The van der Waals surface area contributed by atoms with Crippen molar-refractivity contribution >= 4 is 5.91 Å². The van der Waals surface area contributed by atoms with Crippen LogP contribution in [0.5, 0.6) is 5.75 Å². The molecular weight excluding hydrogens is 362 g/mol. The van der Waals surface area contributed by atoms with Gasteiger partial charge in [-0.05, 0) is 62.6 Å². The van der Waals surface area contributed by atoms with Crippen molar-refractivity contribution in [3.63, 3.8) is 0 Å². The monoisotopic (exact) mass is 395 g/mol. The first-order valence-corrected chi connectivity index (χ1v) is 11.0. The maximum Gasteiger partial charge on any atom is 0.233 e. The molecule has 0 atom stereocenters. The second-order valence-electron chi connectivity index (χ2n) is 8.72. The Morgan fingerprint density at radius 3 is 2.48 bits per heavy atom. The molecule has 2 heterocycles. The standard InChI is InChI=1S/C24H33N3O2/c1-4-13-27-18(2)17-25-22(27)16-19-9-14-26(15-10-19)23(28)24(11-12-24)20-5-7-21(29-3)8-6-20/h5-8,17,19H,4,9-16H2,1-3H3. The first kappa shape index (κ1) is 20.0. The van der Waals surface area contributed by atoms with E-state index in [-0.39, 0.29) is 5.41 Å². The molecule has 1 amide bonds. The van der Waals surface area contributed by atoms with Crippen LogP contribution in [0.2, 0.25) is 0 Å². The molecule has 1 aromatic carbocycles. The molecule has 0 unspecified atom stereocenters. The fourth-order valence-electron chi connectivity index (χ4n) is 4.76. The highest BCUT2D eigenvalue weighted by molar-refractivity contribution is 5.91. The first-order chi connectivity index (χ1) is 14.1. The molecule has 29 heavy (non-hydrogen) atoms. The average Bonchev–Trinajstić information content (AvgIpc) is 3.50. The molecule has 1 aliphatic carbocycles. The largest absolute Gasteiger partial charge is 0.497 e. The Bertz CT molecular complexity index is 844. The van der Waals surface area contributed by atoms with Gasteiger partial charge in [0.2, 0.25) is 5.91 Å². The Hall–Kier alpha value is -2.30. The number of likely N-dealkylation sites (tertiary alicyclic amines) is 1. The number of nitrogens with zero attached hydrogens (tertiary/aromatic N) is 3. The number of aryl methyl sites for hydroxylation is 1. The molecule has 2 fully saturated rings. The topological polar surface area (TPSA) is 47.4 Å². The molecule has 0 radical (unpaired) electrons. The molecule has 2 aromatic rings. The molecule has 5 heteroatoms. The predicted octanol–water partition coefficient (Wildman–Crippen LogP) is 4.12. The Labute approximate surface area is 174 Å². The van der Waals surface area contributed by atoms with E-state index in [9.17, 15) is 4.79 Å². The fourth-order valence-corrected chi connectivity index (χ4v) is 4.76. The molecule has 156 valence electrons. The third-order valence-corrected chi connectivity index (χ3v) is 6.76. The predicted molar refractivity (Wildman–Crippen MR) is 114 cm³/mol. The minimum absolute atomic E-state index is 0.284. The third-order valence-electron chi connectivity index (χ3n) is 6.76. The van der Waals surface area contributed by atoms with Crippen LogP contribution in [-0.4, -0.2) is 40.6 Å². The zero-order valence-electron chi connectivity index (χ0n) is 18.0. The minimum atomic E-state index is -0.284. The summed E-state index contributed by atoms with van der Waals surface area (Å²) in [4.78, 5) is 20.1. The summed E-state index contributed by atoms with van der Waals surface area (Å²) < 4.78 is 7.62. The molecule has 1 aliphatic heterocycles. The minimum Gasteiger partial charge on any atom is -0.497 e. The summed E-state index contributed by atoms with van der Waals surface area (Å²) in [5.74, 6) is 3.00. The van der Waals surface area contributed by atoms with E-state index in [4.69, 9.17) is 4.74 Å². The van der Waals surface area contributed by atoms with Gasteiger partial charge in [0.1, 0.15) is 11.6 Å². The lowest BCUT2D eigenvalue weighted by Crippen LogP contribution is -2.44. The lowest BCUT2D eigenvalue weighted by atomic mass is 9.90. The van der Waals surface area contributed by atoms with Gasteiger partial charge in [0.05, 0.1) is 12.5 Å². The molecule has 0 N–H and O–H groups in total. The summed E-state index contributed by atoms with van der Waals surface area (Å²) in [5, 5.41) is 0. The van der Waals surface area contributed by atoms with Gasteiger partial charge in [-0.1, -0.05) is 19.1 Å². The van der Waals surface area contributed by atoms with Crippen molar-refractivity contribution in [1.82, 2.24) is 14.5 Å². The first-order valence-electron chi connectivity index (χ1n) is 11.0. The van der Waals surface area contributed by atoms with Crippen LogP contribution in [0.15, 0.2) is 30.5 Å². The number of aromatic nitrogens is 2. The van der Waals surface area contributed by atoms with Crippen molar-refractivity contribution in [2.45, 2.75) is 64.3 Å². The molecule has 1 aromatic heterocycles. The third kappa shape index (κ3) is 3.92. The van der Waals surface area contributed by atoms with Gasteiger partial charge in [-0.3, -0.25) is 4.79 Å². The van der Waals surface area contributed by atoms with Gasteiger partial charge in [-0.15, -0.1) is 0 Å². The second kappa shape index (κ2) is 8.21. The van der Waals surface area contributed by atoms with Crippen LogP contribution in [0, 0.1) is 12.8 Å². The molecule has 5 nitrogen and oxygen atoms in total. The molecule has 2 aliphatic rings. The highest BCUT2D eigenvalue weighted by Crippen LogP contribution is 2.50. The number of carbonyl (C=O) groups excluding carboxylic acids is 1.